The monoisotopic (exact) mass is 336 g/mol. The van der Waals surface area contributed by atoms with Crippen LogP contribution in [-0.2, 0) is 4.79 Å². The maximum atomic E-state index is 12.3. The average molecular weight is 336 g/mol. The van der Waals surface area contributed by atoms with Crippen LogP contribution in [0.15, 0.2) is 30.7 Å². The lowest BCUT2D eigenvalue weighted by atomic mass is 10.1. The molecule has 3 rings (SSSR count). The van der Waals surface area contributed by atoms with E-state index in [0.717, 1.165) is 5.69 Å². The highest BCUT2D eigenvalue weighted by atomic mass is 16.5. The molecule has 1 aliphatic heterocycles. The normalized spacial score (nSPS) is 16.1. The van der Waals surface area contributed by atoms with Crippen molar-refractivity contribution in [3.8, 4) is 23.7 Å². The van der Waals surface area contributed by atoms with Gasteiger partial charge in [-0.2, -0.15) is 10.5 Å². The molecule has 1 aromatic heterocycles. The summed E-state index contributed by atoms with van der Waals surface area (Å²) in [6.45, 7) is 1.05. The number of amides is 1. The number of methoxy groups -OCH3 is 1. The molecule has 1 amide bonds. The first-order chi connectivity index (χ1) is 12.1. The zero-order chi connectivity index (χ0) is 17.8. The van der Waals surface area contributed by atoms with Gasteiger partial charge in [0.2, 0.25) is 5.91 Å². The molecular weight excluding hydrogens is 320 g/mol. The third kappa shape index (κ3) is 3.38. The quantitative estimate of drug-likeness (QED) is 0.848. The second kappa shape index (κ2) is 6.93. The molecule has 1 N–H and O–H groups in total. The number of nitrogens with one attached hydrogen (secondary N) is 1. The van der Waals surface area contributed by atoms with E-state index in [2.05, 4.69) is 22.6 Å². The molecule has 0 unspecified atom stereocenters. The van der Waals surface area contributed by atoms with Crippen molar-refractivity contribution in [2.75, 3.05) is 25.5 Å². The van der Waals surface area contributed by atoms with E-state index in [1.54, 1.807) is 40.2 Å². The first kappa shape index (κ1) is 16.3. The largest absolute Gasteiger partial charge is 0.495 e. The minimum absolute atomic E-state index is 0.139. The molecule has 2 heterocycles. The lowest BCUT2D eigenvalue weighted by Gasteiger charge is -2.09. The summed E-state index contributed by atoms with van der Waals surface area (Å²) in [6, 6.07) is 7.23. The number of hydrogen-bond donors (Lipinski definition) is 1. The van der Waals surface area contributed by atoms with Crippen LogP contribution in [0.3, 0.4) is 0 Å². The molecule has 1 aliphatic rings. The molecule has 1 saturated heterocycles. The van der Waals surface area contributed by atoms with Gasteiger partial charge in [-0.3, -0.25) is 4.79 Å². The van der Waals surface area contributed by atoms with Crippen LogP contribution in [0.4, 0.5) is 5.82 Å². The van der Waals surface area contributed by atoms with Crippen LogP contribution in [0, 0.1) is 28.7 Å². The molecule has 0 radical (unpaired) electrons. The third-order valence-corrected chi connectivity index (χ3v) is 4.14. The summed E-state index contributed by atoms with van der Waals surface area (Å²) in [7, 11) is 1.51. The SMILES string of the molecule is COc1cc(-n2cnc(NC(=O)[C@H]3CCN(C#N)C3)c2)ccc1C#N. The highest BCUT2D eigenvalue weighted by Crippen LogP contribution is 2.23. The Morgan fingerprint density at radius 3 is 2.96 bits per heavy atom. The molecule has 0 spiro atoms. The second-order valence-electron chi connectivity index (χ2n) is 5.68. The Balaban J connectivity index is 1.72. The third-order valence-electron chi connectivity index (χ3n) is 4.14. The van der Waals surface area contributed by atoms with Gasteiger partial charge in [-0.25, -0.2) is 4.98 Å². The van der Waals surface area contributed by atoms with Crippen LogP contribution in [-0.4, -0.2) is 40.6 Å². The van der Waals surface area contributed by atoms with Crippen LogP contribution in [0.2, 0.25) is 0 Å². The number of imidazole rings is 1. The minimum atomic E-state index is -0.209. The van der Waals surface area contributed by atoms with Gasteiger partial charge in [-0.05, 0) is 18.6 Å². The van der Waals surface area contributed by atoms with Crippen LogP contribution >= 0.6 is 0 Å². The summed E-state index contributed by atoms with van der Waals surface area (Å²) in [4.78, 5) is 18.0. The Hall–Kier alpha value is -3.52. The van der Waals surface area contributed by atoms with Gasteiger partial charge < -0.3 is 19.5 Å². The Labute approximate surface area is 144 Å². The van der Waals surface area contributed by atoms with E-state index in [1.807, 2.05) is 0 Å². The lowest BCUT2D eigenvalue weighted by Crippen LogP contribution is -2.25. The number of ether oxygens (including phenoxy) is 1. The van der Waals surface area contributed by atoms with Crippen LogP contribution in [0.25, 0.3) is 5.69 Å². The van der Waals surface area contributed by atoms with E-state index >= 15 is 0 Å². The van der Waals surface area contributed by atoms with E-state index in [1.165, 1.54) is 7.11 Å². The highest BCUT2D eigenvalue weighted by Gasteiger charge is 2.28. The summed E-state index contributed by atoms with van der Waals surface area (Å²) in [5, 5.41) is 20.7. The maximum Gasteiger partial charge on any atom is 0.230 e. The molecule has 8 nitrogen and oxygen atoms in total. The van der Waals surface area contributed by atoms with Crippen molar-refractivity contribution in [3.05, 3.63) is 36.3 Å². The van der Waals surface area contributed by atoms with Crippen molar-refractivity contribution in [2.45, 2.75) is 6.42 Å². The Morgan fingerprint density at radius 1 is 1.44 bits per heavy atom. The van der Waals surface area contributed by atoms with Gasteiger partial charge in [-0.15, -0.1) is 0 Å². The molecule has 2 aromatic rings. The number of carbonyl (C=O) groups is 1. The van der Waals surface area contributed by atoms with Gasteiger partial charge in [0.15, 0.2) is 12.0 Å². The molecular formula is C17H16N6O2. The zero-order valence-corrected chi connectivity index (χ0v) is 13.6. The van der Waals surface area contributed by atoms with E-state index in [0.29, 0.717) is 36.6 Å². The second-order valence-corrected chi connectivity index (χ2v) is 5.68. The van der Waals surface area contributed by atoms with Crippen molar-refractivity contribution in [1.82, 2.24) is 14.5 Å². The van der Waals surface area contributed by atoms with Crippen LogP contribution in [0.5, 0.6) is 5.75 Å². The number of hydrogen-bond acceptors (Lipinski definition) is 6. The standard InChI is InChI=1S/C17H16N6O2/c1-25-15-6-14(3-2-12(15)7-18)23-9-16(20-11-23)21-17(24)13-4-5-22(8-13)10-19/h2-3,6,9,11,13H,4-5,8H2,1H3,(H,21,24)/t13-/m0/s1. The number of rotatable bonds is 4. The van der Waals surface area contributed by atoms with Crippen LogP contribution < -0.4 is 10.1 Å². The Kier molecular flexibility index (Phi) is 4.53. The fourth-order valence-corrected chi connectivity index (χ4v) is 2.75. The molecule has 126 valence electrons. The van der Waals surface area contributed by atoms with Crippen molar-refractivity contribution < 1.29 is 9.53 Å². The highest BCUT2D eigenvalue weighted by molar-refractivity contribution is 5.92. The van der Waals surface area contributed by atoms with Crippen molar-refractivity contribution in [2.24, 2.45) is 5.92 Å². The van der Waals surface area contributed by atoms with Gasteiger partial charge in [-0.1, -0.05) is 0 Å². The van der Waals surface area contributed by atoms with Gasteiger partial charge in [0.05, 0.1) is 30.5 Å². The Morgan fingerprint density at radius 2 is 2.28 bits per heavy atom. The lowest BCUT2D eigenvalue weighted by molar-refractivity contribution is -0.119. The predicted molar refractivity (Wildman–Crippen MR) is 88.8 cm³/mol. The number of carbonyl (C=O) groups excluding carboxylic acids is 1. The average Bonchev–Trinajstić information content (AvgIpc) is 3.30. The number of likely N-dealkylation sites (tertiary alicyclic amines) is 1. The summed E-state index contributed by atoms with van der Waals surface area (Å²) in [5.41, 5.74) is 1.21. The summed E-state index contributed by atoms with van der Waals surface area (Å²) < 4.78 is 6.93. The number of aromatic nitrogens is 2. The Bertz CT molecular complexity index is 876. The van der Waals surface area contributed by atoms with Crippen molar-refractivity contribution in [1.29, 1.82) is 10.5 Å². The number of nitrogens with zero attached hydrogens (tertiary/aromatic N) is 5. The van der Waals surface area contributed by atoms with Crippen molar-refractivity contribution in [3.63, 3.8) is 0 Å². The van der Waals surface area contributed by atoms with Gasteiger partial charge in [0.25, 0.3) is 0 Å². The predicted octanol–water partition coefficient (Wildman–Crippen LogP) is 1.49. The maximum absolute atomic E-state index is 12.3. The van der Waals surface area contributed by atoms with Crippen LogP contribution in [0.1, 0.15) is 12.0 Å². The fraction of sp³-hybridized carbons (Fsp3) is 0.294. The molecule has 0 aliphatic carbocycles. The molecule has 1 atom stereocenters. The molecule has 1 fully saturated rings. The summed E-state index contributed by atoms with van der Waals surface area (Å²) in [5.74, 6) is 0.561. The van der Waals surface area contributed by atoms with Crippen molar-refractivity contribution >= 4 is 11.7 Å². The smallest absolute Gasteiger partial charge is 0.230 e. The van der Waals surface area contributed by atoms with Gasteiger partial charge in [0.1, 0.15) is 18.1 Å². The number of anilines is 1. The molecule has 0 bridgehead atoms. The van der Waals surface area contributed by atoms with Gasteiger partial charge in [0, 0.05) is 19.2 Å². The topological polar surface area (TPSA) is 107 Å². The van der Waals surface area contributed by atoms with E-state index in [4.69, 9.17) is 15.3 Å². The fourth-order valence-electron chi connectivity index (χ4n) is 2.75. The van der Waals surface area contributed by atoms with E-state index in [-0.39, 0.29) is 11.8 Å². The first-order valence-electron chi connectivity index (χ1n) is 7.72. The summed E-state index contributed by atoms with van der Waals surface area (Å²) >= 11 is 0. The molecule has 8 heteroatoms. The first-order valence-corrected chi connectivity index (χ1v) is 7.72. The summed E-state index contributed by atoms with van der Waals surface area (Å²) in [6.07, 6.45) is 5.98. The molecule has 25 heavy (non-hydrogen) atoms. The van der Waals surface area contributed by atoms with Gasteiger partial charge >= 0.3 is 0 Å². The number of nitriles is 2. The van der Waals surface area contributed by atoms with E-state index in [9.17, 15) is 4.79 Å². The number of benzene rings is 1. The van der Waals surface area contributed by atoms with E-state index < -0.39 is 0 Å². The zero-order valence-electron chi connectivity index (χ0n) is 13.6. The molecule has 0 saturated carbocycles. The molecule has 1 aromatic carbocycles. The minimum Gasteiger partial charge on any atom is -0.495 e.